The molecule has 0 saturated carbocycles. The van der Waals surface area contributed by atoms with Crippen molar-refractivity contribution in [1.29, 1.82) is 0 Å². The highest BCUT2D eigenvalue weighted by Crippen LogP contribution is 2.14. The van der Waals surface area contributed by atoms with Crippen LogP contribution in [-0.2, 0) is 0 Å². The van der Waals surface area contributed by atoms with Gasteiger partial charge >= 0.3 is 0 Å². The second-order valence-corrected chi connectivity index (χ2v) is 9.21. The van der Waals surface area contributed by atoms with E-state index in [0.29, 0.717) is 6.04 Å². The molecule has 182 valence electrons. The van der Waals surface area contributed by atoms with E-state index >= 15 is 0 Å². The van der Waals surface area contributed by atoms with Crippen molar-refractivity contribution in [2.75, 3.05) is 32.7 Å². The maximum absolute atomic E-state index is 5.65. The van der Waals surface area contributed by atoms with Crippen LogP contribution in [0.5, 0.6) is 0 Å². The summed E-state index contributed by atoms with van der Waals surface area (Å²) < 4.78 is 0. The fraction of sp³-hybridized carbons (Fsp3) is 1.00. The zero-order valence-electron chi connectivity index (χ0n) is 20.7. The number of unbranched alkanes of at least 4 members (excludes halogenated alkanes) is 13. The maximum Gasteiger partial charge on any atom is 0.00675 e. The van der Waals surface area contributed by atoms with E-state index in [2.05, 4.69) is 17.6 Å². The van der Waals surface area contributed by atoms with Crippen molar-refractivity contribution in [1.82, 2.24) is 10.6 Å². The van der Waals surface area contributed by atoms with E-state index in [-0.39, 0.29) is 0 Å². The second-order valence-electron chi connectivity index (χ2n) is 9.21. The molecule has 1 atom stereocenters. The van der Waals surface area contributed by atoms with Gasteiger partial charge < -0.3 is 22.1 Å². The average molecular weight is 427 g/mol. The number of hydrogen-bond donors (Lipinski definition) is 4. The van der Waals surface area contributed by atoms with Crippen molar-refractivity contribution >= 4 is 0 Å². The molecule has 0 bridgehead atoms. The van der Waals surface area contributed by atoms with Crippen LogP contribution >= 0.6 is 0 Å². The van der Waals surface area contributed by atoms with Crippen LogP contribution in [0.1, 0.15) is 129 Å². The van der Waals surface area contributed by atoms with Gasteiger partial charge in [-0.25, -0.2) is 0 Å². The highest BCUT2D eigenvalue weighted by atomic mass is 14.9. The molecule has 30 heavy (non-hydrogen) atoms. The summed E-state index contributed by atoms with van der Waals surface area (Å²) in [7, 11) is 0. The van der Waals surface area contributed by atoms with Gasteiger partial charge in [0.1, 0.15) is 0 Å². The van der Waals surface area contributed by atoms with E-state index in [9.17, 15) is 0 Å². The predicted molar refractivity (Wildman–Crippen MR) is 136 cm³/mol. The molecule has 0 spiro atoms. The Morgan fingerprint density at radius 3 is 1.47 bits per heavy atom. The Bertz CT molecular complexity index is 299. The zero-order valence-corrected chi connectivity index (χ0v) is 20.7. The van der Waals surface area contributed by atoms with Crippen LogP contribution in [0, 0.1) is 0 Å². The molecule has 0 aromatic rings. The molecule has 0 aromatic carbocycles. The van der Waals surface area contributed by atoms with Crippen molar-refractivity contribution in [2.24, 2.45) is 11.5 Å². The predicted octanol–water partition coefficient (Wildman–Crippen LogP) is 5.88. The first kappa shape index (κ1) is 29.8. The van der Waals surface area contributed by atoms with Gasteiger partial charge in [-0.3, -0.25) is 0 Å². The van der Waals surface area contributed by atoms with E-state index in [4.69, 9.17) is 11.5 Å². The van der Waals surface area contributed by atoms with Crippen LogP contribution < -0.4 is 22.1 Å². The minimum Gasteiger partial charge on any atom is -0.330 e. The van der Waals surface area contributed by atoms with Crippen LogP contribution in [0.25, 0.3) is 0 Å². The number of hydrogen-bond acceptors (Lipinski definition) is 4. The average Bonchev–Trinajstić information content (AvgIpc) is 2.76. The lowest BCUT2D eigenvalue weighted by molar-refractivity contribution is 0.414. The first-order chi connectivity index (χ1) is 14.8. The van der Waals surface area contributed by atoms with Gasteiger partial charge in [-0.1, -0.05) is 96.8 Å². The lowest BCUT2D eigenvalue weighted by Gasteiger charge is -2.19. The molecule has 6 N–H and O–H groups in total. The zero-order chi connectivity index (χ0) is 22.0. The summed E-state index contributed by atoms with van der Waals surface area (Å²) in [4.78, 5) is 0. The van der Waals surface area contributed by atoms with Gasteiger partial charge in [0.2, 0.25) is 0 Å². The van der Waals surface area contributed by atoms with Gasteiger partial charge in [0.15, 0.2) is 0 Å². The monoisotopic (exact) mass is 426 g/mol. The SMILES string of the molecule is CCCCCCCCCCCCCCCCC(CCCNCCCN)NCCCN. The Labute approximate surface area is 190 Å². The molecule has 1 unspecified atom stereocenters. The fourth-order valence-electron chi connectivity index (χ4n) is 4.17. The van der Waals surface area contributed by atoms with Crippen molar-refractivity contribution in [3.8, 4) is 0 Å². The summed E-state index contributed by atoms with van der Waals surface area (Å²) in [6.45, 7) is 7.12. The summed E-state index contributed by atoms with van der Waals surface area (Å²) in [5.74, 6) is 0. The number of rotatable bonds is 26. The Morgan fingerprint density at radius 1 is 0.500 bits per heavy atom. The largest absolute Gasteiger partial charge is 0.330 e. The molecule has 0 aromatic heterocycles. The molecule has 0 rings (SSSR count). The molecule has 0 radical (unpaired) electrons. The minimum absolute atomic E-state index is 0.671. The maximum atomic E-state index is 5.65. The Morgan fingerprint density at radius 2 is 0.933 bits per heavy atom. The van der Waals surface area contributed by atoms with E-state index in [0.717, 1.165) is 45.6 Å². The van der Waals surface area contributed by atoms with Crippen molar-refractivity contribution in [2.45, 2.75) is 135 Å². The summed E-state index contributed by atoms with van der Waals surface area (Å²) >= 11 is 0. The molecule has 0 aliphatic heterocycles. The summed E-state index contributed by atoms with van der Waals surface area (Å²) in [6.07, 6.45) is 26.1. The van der Waals surface area contributed by atoms with Crippen LogP contribution in [0.4, 0.5) is 0 Å². The fourth-order valence-corrected chi connectivity index (χ4v) is 4.17. The van der Waals surface area contributed by atoms with Crippen molar-refractivity contribution < 1.29 is 0 Å². The standard InChI is InChI=1S/C26H58N4/c1-2-3-4-5-6-7-8-9-10-11-12-13-14-15-19-26(30-25-18-22-28)20-16-23-29-24-17-21-27/h26,29-30H,2-25,27-28H2,1H3. The Kier molecular flexibility index (Phi) is 26.7. The molecule has 0 fully saturated rings. The molecule has 4 nitrogen and oxygen atoms in total. The van der Waals surface area contributed by atoms with Crippen LogP contribution in [0.15, 0.2) is 0 Å². The highest BCUT2D eigenvalue weighted by molar-refractivity contribution is 4.68. The minimum atomic E-state index is 0.671. The summed E-state index contributed by atoms with van der Waals surface area (Å²) in [5, 5.41) is 7.24. The van der Waals surface area contributed by atoms with Crippen LogP contribution in [0.3, 0.4) is 0 Å². The third kappa shape index (κ3) is 24.1. The van der Waals surface area contributed by atoms with E-state index in [1.165, 1.54) is 109 Å². The van der Waals surface area contributed by atoms with E-state index < -0.39 is 0 Å². The van der Waals surface area contributed by atoms with Crippen molar-refractivity contribution in [3.05, 3.63) is 0 Å². The Balaban J connectivity index is 3.51. The Hall–Kier alpha value is -0.160. The normalized spacial score (nSPS) is 12.5. The molecule has 0 heterocycles. The molecule has 0 amide bonds. The summed E-state index contributed by atoms with van der Waals surface area (Å²) in [6, 6.07) is 0.671. The smallest absolute Gasteiger partial charge is 0.00675 e. The van der Waals surface area contributed by atoms with E-state index in [1.54, 1.807) is 0 Å². The molecular weight excluding hydrogens is 368 g/mol. The van der Waals surface area contributed by atoms with Gasteiger partial charge in [0, 0.05) is 6.04 Å². The lowest BCUT2D eigenvalue weighted by Crippen LogP contribution is -2.32. The lowest BCUT2D eigenvalue weighted by atomic mass is 10.0. The van der Waals surface area contributed by atoms with Gasteiger partial charge in [-0.15, -0.1) is 0 Å². The third-order valence-corrected chi connectivity index (χ3v) is 6.18. The van der Waals surface area contributed by atoms with E-state index in [1.807, 2.05) is 0 Å². The molecule has 4 heteroatoms. The summed E-state index contributed by atoms with van der Waals surface area (Å²) in [5.41, 5.74) is 11.2. The number of nitrogens with two attached hydrogens (primary N) is 2. The van der Waals surface area contributed by atoms with Gasteiger partial charge in [-0.2, -0.15) is 0 Å². The first-order valence-corrected chi connectivity index (χ1v) is 13.7. The molecule has 0 aliphatic rings. The van der Waals surface area contributed by atoms with Gasteiger partial charge in [0.05, 0.1) is 0 Å². The van der Waals surface area contributed by atoms with Crippen LogP contribution in [-0.4, -0.2) is 38.8 Å². The highest BCUT2D eigenvalue weighted by Gasteiger charge is 2.07. The topological polar surface area (TPSA) is 76.1 Å². The van der Waals surface area contributed by atoms with Crippen LogP contribution in [0.2, 0.25) is 0 Å². The third-order valence-electron chi connectivity index (χ3n) is 6.18. The number of nitrogens with one attached hydrogen (secondary N) is 2. The quantitative estimate of drug-likeness (QED) is 0.130. The molecular formula is C26H58N4. The van der Waals surface area contributed by atoms with Crippen molar-refractivity contribution in [3.63, 3.8) is 0 Å². The second kappa shape index (κ2) is 26.9. The van der Waals surface area contributed by atoms with Gasteiger partial charge in [-0.05, 0) is 64.8 Å². The molecule has 0 aliphatic carbocycles. The van der Waals surface area contributed by atoms with Gasteiger partial charge in [0.25, 0.3) is 0 Å². The molecule has 0 saturated heterocycles. The first-order valence-electron chi connectivity index (χ1n) is 13.7.